The lowest BCUT2D eigenvalue weighted by molar-refractivity contribution is 0.154. The van der Waals surface area contributed by atoms with E-state index in [4.69, 9.17) is 4.42 Å². The number of hydrogen-bond acceptors (Lipinski definition) is 3. The summed E-state index contributed by atoms with van der Waals surface area (Å²) in [6, 6.07) is 4.57. The maximum absolute atomic E-state index is 5.89. The van der Waals surface area contributed by atoms with Gasteiger partial charge < -0.3 is 9.73 Å². The van der Waals surface area contributed by atoms with Gasteiger partial charge in [-0.25, -0.2) is 0 Å². The van der Waals surface area contributed by atoms with Crippen molar-refractivity contribution in [3.63, 3.8) is 0 Å². The molecule has 0 saturated carbocycles. The quantitative estimate of drug-likeness (QED) is 0.847. The lowest BCUT2D eigenvalue weighted by Gasteiger charge is -2.33. The molecule has 5 heteroatoms. The van der Waals surface area contributed by atoms with E-state index in [1.54, 1.807) is 0 Å². The highest BCUT2D eigenvalue weighted by Gasteiger charge is 2.23. The zero-order chi connectivity index (χ0) is 12.1. The molecule has 19 heavy (non-hydrogen) atoms. The fourth-order valence-corrected chi connectivity index (χ4v) is 2.36. The molecule has 1 saturated heterocycles. The van der Waals surface area contributed by atoms with Gasteiger partial charge in [0, 0.05) is 32.6 Å². The minimum absolute atomic E-state index is 0. The number of rotatable bonds is 5. The number of piperazine rings is 1. The van der Waals surface area contributed by atoms with E-state index in [0.29, 0.717) is 6.04 Å². The Kier molecular flexibility index (Phi) is 9.19. The minimum Gasteiger partial charge on any atom is -0.464 e. The second-order valence-electron chi connectivity index (χ2n) is 4.48. The summed E-state index contributed by atoms with van der Waals surface area (Å²) in [6.07, 6.45) is 3.90. The fraction of sp³-hybridized carbons (Fsp3) is 0.571. The average Bonchev–Trinajstić information content (AvgIpc) is 2.85. The van der Waals surface area contributed by atoms with Gasteiger partial charge >= 0.3 is 0 Å². The van der Waals surface area contributed by atoms with Crippen LogP contribution in [0.1, 0.15) is 30.9 Å². The molecule has 0 spiro atoms. The molecule has 3 nitrogen and oxygen atoms in total. The van der Waals surface area contributed by atoms with Crippen LogP contribution in [0, 0.1) is 0 Å². The van der Waals surface area contributed by atoms with Gasteiger partial charge in [-0.1, -0.05) is 13.0 Å². The Morgan fingerprint density at radius 2 is 2.05 bits per heavy atom. The monoisotopic (exact) mass is 306 g/mol. The standard InChI is InChI=1S/C14H22N2O.2ClH/c1-3-5-13(16-10-8-15-9-11-16)14-7-6-12(4-2)17-14;;/h3,6-7,13,15H,1,4-5,8-11H2,2H3;2*1H/t13-;;/m1../s1. The predicted octanol–water partition coefficient (Wildman–Crippen LogP) is 3.21. The van der Waals surface area contributed by atoms with Crippen molar-refractivity contribution in [3.05, 3.63) is 36.3 Å². The van der Waals surface area contributed by atoms with Crippen LogP contribution >= 0.6 is 24.8 Å². The second-order valence-corrected chi connectivity index (χ2v) is 4.48. The van der Waals surface area contributed by atoms with Gasteiger partial charge in [-0.05, 0) is 18.6 Å². The van der Waals surface area contributed by atoms with Crippen LogP contribution in [-0.2, 0) is 6.42 Å². The van der Waals surface area contributed by atoms with Crippen LogP contribution in [0.5, 0.6) is 0 Å². The first kappa shape index (κ1) is 18.5. The Morgan fingerprint density at radius 1 is 1.37 bits per heavy atom. The normalized spacial score (nSPS) is 17.1. The van der Waals surface area contributed by atoms with Gasteiger partial charge in [0.05, 0.1) is 6.04 Å². The third kappa shape index (κ3) is 4.84. The van der Waals surface area contributed by atoms with Crippen molar-refractivity contribution in [2.75, 3.05) is 26.2 Å². The third-order valence-corrected chi connectivity index (χ3v) is 3.34. The highest BCUT2D eigenvalue weighted by molar-refractivity contribution is 5.85. The van der Waals surface area contributed by atoms with Crippen molar-refractivity contribution >= 4 is 24.8 Å². The second kappa shape index (κ2) is 9.43. The number of nitrogens with one attached hydrogen (secondary N) is 1. The smallest absolute Gasteiger partial charge is 0.121 e. The molecular formula is C14H24Cl2N2O. The van der Waals surface area contributed by atoms with E-state index < -0.39 is 0 Å². The van der Waals surface area contributed by atoms with E-state index in [1.807, 2.05) is 6.08 Å². The van der Waals surface area contributed by atoms with Crippen LogP contribution in [-0.4, -0.2) is 31.1 Å². The topological polar surface area (TPSA) is 28.4 Å². The highest BCUT2D eigenvalue weighted by atomic mass is 35.5. The molecule has 1 fully saturated rings. The molecule has 110 valence electrons. The van der Waals surface area contributed by atoms with Crippen LogP contribution < -0.4 is 5.32 Å². The fourth-order valence-electron chi connectivity index (χ4n) is 2.36. The lowest BCUT2D eigenvalue weighted by Crippen LogP contribution is -2.45. The van der Waals surface area contributed by atoms with E-state index >= 15 is 0 Å². The lowest BCUT2D eigenvalue weighted by atomic mass is 10.1. The maximum atomic E-state index is 5.89. The Balaban J connectivity index is 0.00000162. The molecule has 1 aliphatic rings. The molecule has 1 aromatic heterocycles. The Morgan fingerprint density at radius 3 is 2.58 bits per heavy atom. The molecule has 1 N–H and O–H groups in total. The molecule has 1 atom stereocenters. The van der Waals surface area contributed by atoms with Gasteiger partial charge in [-0.15, -0.1) is 31.4 Å². The van der Waals surface area contributed by atoms with E-state index in [9.17, 15) is 0 Å². The van der Waals surface area contributed by atoms with Crippen LogP contribution in [0.25, 0.3) is 0 Å². The van der Waals surface area contributed by atoms with Gasteiger partial charge in [0.25, 0.3) is 0 Å². The molecule has 2 rings (SSSR count). The third-order valence-electron chi connectivity index (χ3n) is 3.34. The summed E-state index contributed by atoms with van der Waals surface area (Å²) < 4.78 is 5.89. The molecule has 2 heterocycles. The largest absolute Gasteiger partial charge is 0.464 e. The van der Waals surface area contributed by atoms with Crippen LogP contribution in [0.3, 0.4) is 0 Å². The summed E-state index contributed by atoms with van der Waals surface area (Å²) in [7, 11) is 0. The maximum Gasteiger partial charge on any atom is 0.121 e. The van der Waals surface area contributed by atoms with Gasteiger partial charge in [0.1, 0.15) is 11.5 Å². The first-order valence-electron chi connectivity index (χ1n) is 6.49. The Bertz CT molecular complexity index is 362. The number of nitrogens with zero attached hydrogens (tertiary/aromatic N) is 1. The number of halogens is 2. The summed E-state index contributed by atoms with van der Waals surface area (Å²) in [4.78, 5) is 2.48. The van der Waals surface area contributed by atoms with Gasteiger partial charge in [0.15, 0.2) is 0 Å². The molecule has 1 aromatic rings. The Hall–Kier alpha value is -0.480. The molecule has 0 aliphatic carbocycles. The average molecular weight is 307 g/mol. The van der Waals surface area contributed by atoms with Crippen molar-refractivity contribution in [1.82, 2.24) is 10.2 Å². The van der Waals surface area contributed by atoms with E-state index in [2.05, 4.69) is 35.9 Å². The number of aryl methyl sites for hydroxylation is 1. The summed E-state index contributed by atoms with van der Waals surface area (Å²) in [5.74, 6) is 2.16. The molecule has 0 radical (unpaired) electrons. The first-order chi connectivity index (χ1) is 8.35. The van der Waals surface area contributed by atoms with Crippen molar-refractivity contribution in [3.8, 4) is 0 Å². The van der Waals surface area contributed by atoms with Crippen LogP contribution in [0.2, 0.25) is 0 Å². The predicted molar refractivity (Wildman–Crippen MR) is 84.6 cm³/mol. The SMILES string of the molecule is C=CC[C@H](c1ccc(CC)o1)N1CCNCC1.Cl.Cl. The van der Waals surface area contributed by atoms with Gasteiger partial charge in [-0.2, -0.15) is 0 Å². The molecule has 1 aliphatic heterocycles. The van der Waals surface area contributed by atoms with Crippen molar-refractivity contribution in [2.45, 2.75) is 25.8 Å². The number of hydrogen-bond donors (Lipinski definition) is 1. The molecule has 0 unspecified atom stereocenters. The summed E-state index contributed by atoms with van der Waals surface area (Å²) in [5.41, 5.74) is 0. The summed E-state index contributed by atoms with van der Waals surface area (Å²) >= 11 is 0. The zero-order valence-corrected chi connectivity index (χ0v) is 13.1. The first-order valence-corrected chi connectivity index (χ1v) is 6.49. The Labute approximate surface area is 128 Å². The van der Waals surface area contributed by atoms with Crippen LogP contribution in [0.15, 0.2) is 29.2 Å². The van der Waals surface area contributed by atoms with Gasteiger partial charge in [-0.3, -0.25) is 4.90 Å². The molecule has 0 bridgehead atoms. The molecule has 0 amide bonds. The summed E-state index contributed by atoms with van der Waals surface area (Å²) in [5, 5.41) is 3.38. The van der Waals surface area contributed by atoms with E-state index in [-0.39, 0.29) is 24.8 Å². The van der Waals surface area contributed by atoms with E-state index in [1.165, 1.54) is 0 Å². The van der Waals surface area contributed by atoms with Gasteiger partial charge in [0.2, 0.25) is 0 Å². The van der Waals surface area contributed by atoms with Crippen molar-refractivity contribution in [2.24, 2.45) is 0 Å². The molecule has 0 aromatic carbocycles. The van der Waals surface area contributed by atoms with Crippen molar-refractivity contribution in [1.29, 1.82) is 0 Å². The molecular weight excluding hydrogens is 283 g/mol. The van der Waals surface area contributed by atoms with Crippen molar-refractivity contribution < 1.29 is 4.42 Å². The summed E-state index contributed by atoms with van der Waals surface area (Å²) in [6.45, 7) is 10.3. The zero-order valence-electron chi connectivity index (χ0n) is 11.4. The minimum atomic E-state index is 0. The highest BCUT2D eigenvalue weighted by Crippen LogP contribution is 2.26. The van der Waals surface area contributed by atoms with E-state index in [0.717, 1.165) is 50.5 Å². The number of furan rings is 1. The van der Waals surface area contributed by atoms with Crippen LogP contribution in [0.4, 0.5) is 0 Å².